The summed E-state index contributed by atoms with van der Waals surface area (Å²) < 4.78 is 11.6. The molecule has 0 saturated carbocycles. The molecule has 1 aromatic heterocycles. The molecule has 1 atom stereocenters. The second-order valence-corrected chi connectivity index (χ2v) is 12.5. The summed E-state index contributed by atoms with van der Waals surface area (Å²) in [5, 5.41) is 3.36. The average molecular weight is 663 g/mol. The van der Waals surface area contributed by atoms with E-state index in [1.54, 1.807) is 40.1 Å². The van der Waals surface area contributed by atoms with E-state index >= 15 is 0 Å². The van der Waals surface area contributed by atoms with E-state index in [1.165, 1.54) is 0 Å². The fourth-order valence-electron chi connectivity index (χ4n) is 6.48. The first-order valence-corrected chi connectivity index (χ1v) is 16.6. The summed E-state index contributed by atoms with van der Waals surface area (Å²) in [5.41, 5.74) is 4.97. The van der Waals surface area contributed by atoms with Gasteiger partial charge in [-0.25, -0.2) is 9.78 Å². The van der Waals surface area contributed by atoms with Gasteiger partial charge in [0.05, 0.1) is 47.2 Å². The predicted molar refractivity (Wildman–Crippen MR) is 190 cm³/mol. The van der Waals surface area contributed by atoms with Gasteiger partial charge >= 0.3 is 6.09 Å². The van der Waals surface area contributed by atoms with Crippen LogP contribution in [0.25, 0.3) is 0 Å². The number of likely N-dealkylation sites (tertiary alicyclic amines) is 1. The molecule has 1 N–H and O–H groups in total. The van der Waals surface area contributed by atoms with E-state index < -0.39 is 0 Å². The van der Waals surface area contributed by atoms with Crippen molar-refractivity contribution in [2.24, 2.45) is 0 Å². The van der Waals surface area contributed by atoms with Crippen molar-refractivity contribution in [3.05, 3.63) is 102 Å². The Morgan fingerprint density at radius 1 is 0.959 bits per heavy atom. The molecule has 2 aliphatic heterocycles. The lowest BCUT2D eigenvalue weighted by Gasteiger charge is -2.31. The number of rotatable bonds is 9. The number of ether oxygens (including phenoxy) is 2. The molecule has 1 saturated heterocycles. The Bertz CT molecular complexity index is 1850. The number of hydrogen-bond donors (Lipinski definition) is 1. The molecule has 49 heavy (non-hydrogen) atoms. The van der Waals surface area contributed by atoms with Crippen molar-refractivity contribution < 1.29 is 23.9 Å². The number of carbonyl (C=O) groups excluding carboxylic acids is 3. The zero-order valence-electron chi connectivity index (χ0n) is 28.6. The number of anilines is 5. The van der Waals surface area contributed by atoms with Crippen molar-refractivity contribution in [1.82, 2.24) is 14.8 Å². The van der Waals surface area contributed by atoms with Gasteiger partial charge < -0.3 is 34.4 Å². The molecule has 4 aromatic rings. The largest absolute Gasteiger partial charge is 0.492 e. The molecule has 0 bridgehead atoms. The van der Waals surface area contributed by atoms with Crippen LogP contribution in [0.1, 0.15) is 53.5 Å². The van der Waals surface area contributed by atoms with Crippen LogP contribution in [0, 0.1) is 0 Å². The van der Waals surface area contributed by atoms with Crippen LogP contribution < -0.4 is 19.9 Å². The molecule has 1 fully saturated rings. The third kappa shape index (κ3) is 6.87. The lowest BCUT2D eigenvalue weighted by molar-refractivity contribution is 0.0640. The van der Waals surface area contributed by atoms with Crippen molar-refractivity contribution in [1.29, 1.82) is 0 Å². The quantitative estimate of drug-likeness (QED) is 0.208. The average Bonchev–Trinajstić information content (AvgIpc) is 3.57. The highest BCUT2D eigenvalue weighted by atomic mass is 16.6. The molecule has 0 spiro atoms. The number of hydrogen-bond acceptors (Lipinski definition) is 8. The van der Waals surface area contributed by atoms with Gasteiger partial charge in [-0.15, -0.1) is 0 Å². The van der Waals surface area contributed by atoms with Crippen LogP contribution >= 0.6 is 0 Å². The highest BCUT2D eigenvalue weighted by molar-refractivity contribution is 6.13. The second-order valence-electron chi connectivity index (χ2n) is 12.5. The summed E-state index contributed by atoms with van der Waals surface area (Å²) in [4.78, 5) is 51.8. The van der Waals surface area contributed by atoms with Gasteiger partial charge in [-0.05, 0) is 63.1 Å². The van der Waals surface area contributed by atoms with Crippen LogP contribution in [0.5, 0.6) is 5.75 Å². The third-order valence-corrected chi connectivity index (χ3v) is 8.99. The fourth-order valence-corrected chi connectivity index (χ4v) is 6.48. The number of para-hydroxylation sites is 1. The zero-order chi connectivity index (χ0) is 34.7. The Labute approximate surface area is 287 Å². The number of pyridine rings is 1. The standard InChI is InChI=1S/C38H42N6O5/c1-6-48-34-20-27(36(45)43-19-18-28(23-43)44(25(2)3)38(47)49-24-26-12-8-7-9-13-26)16-17-30(34)40-35-21-32-33(22-39-35)42(5)37(46)29-14-10-11-15-31(29)41(32)4/h7-17,20-22,25,28H,6,18-19,23-24H2,1-5H3,(H,39,40)/t28-/m1/s1. The van der Waals surface area contributed by atoms with E-state index in [0.29, 0.717) is 60.2 Å². The van der Waals surface area contributed by atoms with E-state index in [0.717, 1.165) is 16.9 Å². The lowest BCUT2D eigenvalue weighted by atomic mass is 10.1. The minimum absolute atomic E-state index is 0.0877. The van der Waals surface area contributed by atoms with Crippen LogP contribution in [-0.4, -0.2) is 78.6 Å². The maximum Gasteiger partial charge on any atom is 0.410 e. The van der Waals surface area contributed by atoms with E-state index in [9.17, 15) is 14.4 Å². The molecule has 2 aliphatic rings. The van der Waals surface area contributed by atoms with Crippen molar-refractivity contribution in [2.45, 2.75) is 45.9 Å². The van der Waals surface area contributed by atoms with Gasteiger partial charge in [0.1, 0.15) is 18.2 Å². The van der Waals surface area contributed by atoms with Crippen LogP contribution in [0.2, 0.25) is 0 Å². The van der Waals surface area contributed by atoms with Crippen molar-refractivity contribution in [3.8, 4) is 5.75 Å². The number of aromatic nitrogens is 1. The smallest absolute Gasteiger partial charge is 0.410 e. The molecule has 0 aliphatic carbocycles. The Hall–Kier alpha value is -5.58. The van der Waals surface area contributed by atoms with E-state index in [-0.39, 0.29) is 36.6 Å². The maximum absolute atomic E-state index is 13.7. The first-order valence-electron chi connectivity index (χ1n) is 16.6. The third-order valence-electron chi connectivity index (χ3n) is 8.99. The predicted octanol–water partition coefficient (Wildman–Crippen LogP) is 6.84. The minimum Gasteiger partial charge on any atom is -0.492 e. The number of nitrogens with one attached hydrogen (secondary N) is 1. The Kier molecular flexibility index (Phi) is 9.70. The molecule has 254 valence electrons. The molecule has 0 radical (unpaired) electrons. The summed E-state index contributed by atoms with van der Waals surface area (Å²) in [7, 11) is 3.67. The number of nitrogens with zero attached hydrogens (tertiary/aromatic N) is 5. The van der Waals surface area contributed by atoms with Gasteiger partial charge in [-0.3, -0.25) is 9.59 Å². The topological polar surface area (TPSA) is 108 Å². The van der Waals surface area contributed by atoms with Gasteiger partial charge in [0.15, 0.2) is 0 Å². The van der Waals surface area contributed by atoms with Gasteiger partial charge in [-0.2, -0.15) is 0 Å². The van der Waals surface area contributed by atoms with Gasteiger partial charge in [-0.1, -0.05) is 42.5 Å². The Morgan fingerprint density at radius 2 is 1.71 bits per heavy atom. The molecule has 11 nitrogen and oxygen atoms in total. The van der Waals surface area contributed by atoms with Crippen LogP contribution in [0.15, 0.2) is 85.1 Å². The highest BCUT2D eigenvalue weighted by Gasteiger charge is 2.36. The van der Waals surface area contributed by atoms with E-state index in [2.05, 4.69) is 10.3 Å². The van der Waals surface area contributed by atoms with E-state index in [1.807, 2.05) is 99.4 Å². The molecule has 11 heteroatoms. The molecular formula is C38H42N6O5. The number of amides is 3. The molecule has 3 heterocycles. The molecule has 3 aromatic carbocycles. The minimum atomic E-state index is -0.382. The van der Waals surface area contributed by atoms with Crippen LogP contribution in [0.3, 0.4) is 0 Å². The first kappa shape index (κ1) is 33.3. The van der Waals surface area contributed by atoms with Crippen molar-refractivity contribution in [3.63, 3.8) is 0 Å². The Morgan fingerprint density at radius 3 is 2.47 bits per heavy atom. The summed E-state index contributed by atoms with van der Waals surface area (Å²) in [6.07, 6.45) is 1.96. The SMILES string of the molecule is CCOc1cc(C(=O)N2CC[C@@H](N(C(=O)OCc3ccccc3)C(C)C)C2)ccc1Nc1cc2c(cn1)N(C)C(=O)c1ccccc1N2C. The molecule has 6 rings (SSSR count). The molecular weight excluding hydrogens is 620 g/mol. The van der Waals surface area contributed by atoms with Crippen LogP contribution in [-0.2, 0) is 11.3 Å². The first-order chi connectivity index (χ1) is 23.7. The fraction of sp³-hybridized carbons (Fsp3) is 0.316. The van der Waals surface area contributed by atoms with Crippen LogP contribution in [0.4, 0.5) is 33.4 Å². The normalized spacial score (nSPS) is 15.4. The lowest BCUT2D eigenvalue weighted by Crippen LogP contribution is -2.46. The number of fused-ring (bicyclic) bond motifs is 2. The summed E-state index contributed by atoms with van der Waals surface area (Å²) in [6, 6.07) is 24.1. The summed E-state index contributed by atoms with van der Waals surface area (Å²) >= 11 is 0. The highest BCUT2D eigenvalue weighted by Crippen LogP contribution is 2.40. The maximum atomic E-state index is 13.7. The number of carbonyl (C=O) groups is 3. The van der Waals surface area contributed by atoms with Gasteiger partial charge in [0.2, 0.25) is 0 Å². The second kappa shape index (κ2) is 14.3. The monoisotopic (exact) mass is 662 g/mol. The van der Waals surface area contributed by atoms with Gasteiger partial charge in [0.25, 0.3) is 11.8 Å². The Balaban J connectivity index is 1.17. The van der Waals surface area contributed by atoms with E-state index in [4.69, 9.17) is 9.47 Å². The van der Waals surface area contributed by atoms with Crippen molar-refractivity contribution in [2.75, 3.05) is 48.9 Å². The summed E-state index contributed by atoms with van der Waals surface area (Å²) in [5.74, 6) is 0.834. The summed E-state index contributed by atoms with van der Waals surface area (Å²) in [6.45, 7) is 7.34. The van der Waals surface area contributed by atoms with Crippen molar-refractivity contribution >= 4 is 46.5 Å². The molecule has 0 unspecified atom stereocenters. The molecule has 3 amide bonds. The number of benzene rings is 3. The van der Waals surface area contributed by atoms with Gasteiger partial charge in [0, 0.05) is 44.9 Å². The zero-order valence-corrected chi connectivity index (χ0v) is 28.6.